The van der Waals surface area contributed by atoms with Crippen LogP contribution in [0.4, 0.5) is 8.78 Å². The first-order chi connectivity index (χ1) is 10.2. The highest BCUT2D eigenvalue weighted by atomic mass is 32.1. The third-order valence-corrected chi connectivity index (χ3v) is 4.56. The number of rotatable bonds is 4. The van der Waals surface area contributed by atoms with Gasteiger partial charge in [-0.3, -0.25) is 0 Å². The molecule has 0 amide bonds. The fourth-order valence-corrected chi connectivity index (χ4v) is 3.36. The second-order valence-electron chi connectivity index (χ2n) is 4.78. The van der Waals surface area contributed by atoms with Crippen LogP contribution in [0.25, 0.3) is 10.2 Å². The first kappa shape index (κ1) is 14.1. The van der Waals surface area contributed by atoms with E-state index in [0.29, 0.717) is 12.0 Å². The van der Waals surface area contributed by atoms with Crippen LogP contribution >= 0.6 is 11.3 Å². The molecule has 0 fully saturated rings. The van der Waals surface area contributed by atoms with Crippen molar-refractivity contribution in [2.45, 2.75) is 12.5 Å². The highest BCUT2D eigenvalue weighted by Gasteiger charge is 2.18. The molecule has 21 heavy (non-hydrogen) atoms. The van der Waals surface area contributed by atoms with Gasteiger partial charge in [-0.15, -0.1) is 11.3 Å². The standard InChI is InChI=1S/C16H14F2N2S/c1-19-13(9-10-5-4-6-11(17)15(10)18)16-20-12-7-2-3-8-14(12)21-16/h2-8,13,19H,9H2,1H3. The highest BCUT2D eigenvalue weighted by Crippen LogP contribution is 2.28. The number of para-hydroxylation sites is 1. The van der Waals surface area contributed by atoms with E-state index in [1.165, 1.54) is 6.07 Å². The SMILES string of the molecule is CNC(Cc1cccc(F)c1F)c1nc2ccccc2s1. The monoisotopic (exact) mass is 304 g/mol. The number of hydrogen-bond acceptors (Lipinski definition) is 3. The molecule has 0 saturated heterocycles. The van der Waals surface area contributed by atoms with Crippen molar-refractivity contribution in [3.63, 3.8) is 0 Å². The fourth-order valence-electron chi connectivity index (χ4n) is 2.28. The molecule has 0 bridgehead atoms. The minimum Gasteiger partial charge on any atom is -0.311 e. The maximum Gasteiger partial charge on any atom is 0.162 e. The number of halogens is 2. The van der Waals surface area contributed by atoms with Crippen LogP contribution < -0.4 is 5.32 Å². The Morgan fingerprint density at radius 3 is 2.71 bits per heavy atom. The molecule has 2 aromatic carbocycles. The summed E-state index contributed by atoms with van der Waals surface area (Å²) in [6.07, 6.45) is 0.361. The predicted octanol–water partition coefficient (Wildman–Crippen LogP) is 4.08. The molecule has 0 saturated carbocycles. The number of fused-ring (bicyclic) bond motifs is 1. The summed E-state index contributed by atoms with van der Waals surface area (Å²) >= 11 is 1.57. The number of benzene rings is 2. The molecule has 0 aliphatic heterocycles. The van der Waals surface area contributed by atoms with Crippen molar-refractivity contribution in [1.82, 2.24) is 10.3 Å². The Morgan fingerprint density at radius 2 is 1.95 bits per heavy atom. The van der Waals surface area contributed by atoms with Gasteiger partial charge in [0.1, 0.15) is 5.01 Å². The topological polar surface area (TPSA) is 24.9 Å². The van der Waals surface area contributed by atoms with Crippen LogP contribution in [0.15, 0.2) is 42.5 Å². The van der Waals surface area contributed by atoms with Gasteiger partial charge < -0.3 is 5.32 Å². The van der Waals surface area contributed by atoms with Crippen LogP contribution in [0, 0.1) is 11.6 Å². The van der Waals surface area contributed by atoms with Gasteiger partial charge in [-0.25, -0.2) is 13.8 Å². The van der Waals surface area contributed by atoms with Crippen molar-refractivity contribution in [2.75, 3.05) is 7.05 Å². The molecule has 3 rings (SSSR count). The second kappa shape index (κ2) is 5.87. The summed E-state index contributed by atoms with van der Waals surface area (Å²) in [5.74, 6) is -1.59. The number of nitrogens with one attached hydrogen (secondary N) is 1. The summed E-state index contributed by atoms with van der Waals surface area (Å²) in [5, 5.41) is 4.01. The molecule has 0 aliphatic carbocycles. The largest absolute Gasteiger partial charge is 0.311 e. The molecular formula is C16H14F2N2S. The van der Waals surface area contributed by atoms with E-state index in [1.54, 1.807) is 24.5 Å². The van der Waals surface area contributed by atoms with Crippen LogP contribution in [-0.4, -0.2) is 12.0 Å². The third-order valence-electron chi connectivity index (χ3n) is 3.41. The van der Waals surface area contributed by atoms with Gasteiger partial charge in [0.25, 0.3) is 0 Å². The molecule has 1 atom stereocenters. The Morgan fingerprint density at radius 1 is 1.14 bits per heavy atom. The van der Waals surface area contributed by atoms with E-state index < -0.39 is 11.6 Å². The van der Waals surface area contributed by atoms with Gasteiger partial charge in [-0.05, 0) is 37.2 Å². The Hall–Kier alpha value is -1.85. The van der Waals surface area contributed by atoms with Crippen molar-refractivity contribution in [3.05, 3.63) is 64.7 Å². The molecule has 2 nitrogen and oxygen atoms in total. The first-order valence-corrected chi connectivity index (χ1v) is 7.46. The van der Waals surface area contributed by atoms with E-state index in [2.05, 4.69) is 10.3 Å². The van der Waals surface area contributed by atoms with Gasteiger partial charge in [0.2, 0.25) is 0 Å². The number of likely N-dealkylation sites (N-methyl/N-ethyl adjacent to an activating group) is 1. The summed E-state index contributed by atoms with van der Waals surface area (Å²) in [5.41, 5.74) is 1.28. The average Bonchev–Trinajstić information content (AvgIpc) is 2.92. The lowest BCUT2D eigenvalue weighted by atomic mass is 10.1. The molecule has 0 spiro atoms. The zero-order valence-corrected chi connectivity index (χ0v) is 12.3. The summed E-state index contributed by atoms with van der Waals surface area (Å²) in [7, 11) is 1.80. The number of thiazole rings is 1. The van der Waals surface area contributed by atoms with Crippen LogP contribution in [0.2, 0.25) is 0 Å². The molecule has 3 aromatic rings. The van der Waals surface area contributed by atoms with Crippen molar-refractivity contribution in [3.8, 4) is 0 Å². The van der Waals surface area contributed by atoms with Gasteiger partial charge in [0, 0.05) is 0 Å². The fraction of sp³-hybridized carbons (Fsp3) is 0.188. The minimum absolute atomic E-state index is 0.140. The maximum atomic E-state index is 13.8. The Bertz CT molecular complexity index is 737. The third kappa shape index (κ3) is 2.80. The number of hydrogen-bond donors (Lipinski definition) is 1. The lowest BCUT2D eigenvalue weighted by Gasteiger charge is -2.14. The first-order valence-electron chi connectivity index (χ1n) is 6.64. The molecule has 0 radical (unpaired) electrons. The van der Waals surface area contributed by atoms with Crippen LogP contribution in [0.1, 0.15) is 16.6 Å². The van der Waals surface area contributed by atoms with E-state index in [-0.39, 0.29) is 6.04 Å². The van der Waals surface area contributed by atoms with E-state index in [9.17, 15) is 8.78 Å². The molecule has 5 heteroatoms. The zero-order chi connectivity index (χ0) is 14.8. The van der Waals surface area contributed by atoms with E-state index in [1.807, 2.05) is 24.3 Å². The van der Waals surface area contributed by atoms with Crippen molar-refractivity contribution < 1.29 is 8.78 Å². The Labute approximate surface area is 125 Å². The smallest absolute Gasteiger partial charge is 0.162 e. The van der Waals surface area contributed by atoms with Gasteiger partial charge in [0.05, 0.1) is 16.3 Å². The number of aromatic nitrogens is 1. The summed E-state index contributed by atoms with van der Waals surface area (Å²) in [6, 6.07) is 12.0. The summed E-state index contributed by atoms with van der Waals surface area (Å²) < 4.78 is 28.2. The summed E-state index contributed by atoms with van der Waals surface area (Å²) in [6.45, 7) is 0. The van der Waals surface area contributed by atoms with E-state index >= 15 is 0 Å². The predicted molar refractivity (Wildman–Crippen MR) is 81.5 cm³/mol. The van der Waals surface area contributed by atoms with Crippen LogP contribution in [-0.2, 0) is 6.42 Å². The summed E-state index contributed by atoms with van der Waals surface area (Å²) in [4.78, 5) is 4.57. The Kier molecular flexibility index (Phi) is 3.94. The second-order valence-corrected chi connectivity index (χ2v) is 5.84. The lowest BCUT2D eigenvalue weighted by molar-refractivity contribution is 0.486. The van der Waals surface area contributed by atoms with Crippen molar-refractivity contribution in [2.24, 2.45) is 0 Å². The molecule has 108 valence electrons. The van der Waals surface area contributed by atoms with Crippen molar-refractivity contribution in [1.29, 1.82) is 0 Å². The van der Waals surface area contributed by atoms with Gasteiger partial charge in [-0.2, -0.15) is 0 Å². The van der Waals surface area contributed by atoms with Crippen LogP contribution in [0.3, 0.4) is 0 Å². The average molecular weight is 304 g/mol. The Balaban J connectivity index is 1.93. The molecule has 0 aliphatic rings. The molecule has 1 heterocycles. The molecule has 1 aromatic heterocycles. The van der Waals surface area contributed by atoms with E-state index in [4.69, 9.17) is 0 Å². The van der Waals surface area contributed by atoms with Crippen molar-refractivity contribution >= 4 is 21.6 Å². The maximum absolute atomic E-state index is 13.8. The van der Waals surface area contributed by atoms with Gasteiger partial charge >= 0.3 is 0 Å². The molecular weight excluding hydrogens is 290 g/mol. The van der Waals surface area contributed by atoms with E-state index in [0.717, 1.165) is 21.3 Å². The number of nitrogens with zero attached hydrogens (tertiary/aromatic N) is 1. The zero-order valence-electron chi connectivity index (χ0n) is 11.4. The normalized spacial score (nSPS) is 12.7. The highest BCUT2D eigenvalue weighted by molar-refractivity contribution is 7.18. The lowest BCUT2D eigenvalue weighted by Crippen LogP contribution is -2.19. The molecule has 1 unspecified atom stereocenters. The van der Waals surface area contributed by atoms with Crippen LogP contribution in [0.5, 0.6) is 0 Å². The molecule has 1 N–H and O–H groups in total. The van der Waals surface area contributed by atoms with Gasteiger partial charge in [0.15, 0.2) is 11.6 Å². The van der Waals surface area contributed by atoms with Gasteiger partial charge in [-0.1, -0.05) is 24.3 Å². The quantitative estimate of drug-likeness (QED) is 0.785. The minimum atomic E-state index is -0.813.